The third-order valence-electron chi connectivity index (χ3n) is 4.10. The lowest BCUT2D eigenvalue weighted by atomic mass is 10.1. The van der Waals surface area contributed by atoms with Gasteiger partial charge in [0, 0.05) is 13.0 Å². The Kier molecular flexibility index (Phi) is 13.0. The number of aliphatic carboxylic acids is 1. The monoisotopic (exact) mass is 460 g/mol. The maximum absolute atomic E-state index is 12.5. The normalized spacial score (nSPS) is 14.2. The number of carbonyl (C=O) groups excluding carboxylic acids is 4. The topological polar surface area (TPSA) is 278 Å². The van der Waals surface area contributed by atoms with Crippen molar-refractivity contribution >= 4 is 35.6 Å². The summed E-state index contributed by atoms with van der Waals surface area (Å²) in [5.41, 5.74) is 20.9. The molecular formula is C17H32N8O7. The molecule has 0 aromatic heterocycles. The van der Waals surface area contributed by atoms with Crippen LogP contribution in [0.25, 0.3) is 0 Å². The molecule has 0 aliphatic heterocycles. The maximum atomic E-state index is 12.5. The number of primary amides is 1. The van der Waals surface area contributed by atoms with Crippen LogP contribution in [0.4, 0.5) is 0 Å². The van der Waals surface area contributed by atoms with Gasteiger partial charge in [-0.2, -0.15) is 0 Å². The highest BCUT2D eigenvalue weighted by molar-refractivity contribution is 5.94. The lowest BCUT2D eigenvalue weighted by Crippen LogP contribution is -2.58. The fraction of sp³-hybridized carbons (Fsp3) is 0.647. The molecule has 0 heterocycles. The van der Waals surface area contributed by atoms with Gasteiger partial charge in [-0.1, -0.05) is 0 Å². The Morgan fingerprint density at radius 2 is 1.41 bits per heavy atom. The Balaban J connectivity index is 5.13. The van der Waals surface area contributed by atoms with Gasteiger partial charge in [0.25, 0.3) is 0 Å². The standard InChI is InChI=1S/C17H32N8O7/c1-8(18)13(28)23-9(4-5-12(19)27)14(29)25-11(7-26)15(30)24-10(16(31)32)3-2-6-22-17(20)21/h8-11,26H,2-7,18H2,1H3,(H2,19,27)(H,23,28)(H,24,30)(H,25,29)(H,31,32)(H4,20,21,22). The molecule has 0 spiro atoms. The van der Waals surface area contributed by atoms with Crippen LogP contribution in [-0.4, -0.2) is 83.1 Å². The van der Waals surface area contributed by atoms with Crippen molar-refractivity contribution in [3.8, 4) is 0 Å². The quantitative estimate of drug-likeness (QED) is 0.0638. The van der Waals surface area contributed by atoms with Gasteiger partial charge < -0.3 is 49.1 Å². The summed E-state index contributed by atoms with van der Waals surface area (Å²) in [6.07, 6.45) is -0.203. The number of amides is 4. The highest BCUT2D eigenvalue weighted by atomic mass is 16.4. The fourth-order valence-electron chi connectivity index (χ4n) is 2.36. The number of aliphatic imine (C=N–C) groups is 1. The zero-order valence-electron chi connectivity index (χ0n) is 17.7. The first kappa shape index (κ1) is 28.5. The van der Waals surface area contributed by atoms with Gasteiger partial charge in [-0.05, 0) is 26.2 Å². The van der Waals surface area contributed by atoms with Crippen molar-refractivity contribution in [1.82, 2.24) is 16.0 Å². The molecule has 0 rings (SSSR count). The molecule has 0 radical (unpaired) electrons. The SMILES string of the molecule is CC(N)C(=O)NC(CCC(N)=O)C(=O)NC(CO)C(=O)NC(CCCN=C(N)N)C(=O)O. The van der Waals surface area contributed by atoms with E-state index in [0.717, 1.165) is 0 Å². The van der Waals surface area contributed by atoms with Crippen LogP contribution in [0.1, 0.15) is 32.6 Å². The summed E-state index contributed by atoms with van der Waals surface area (Å²) in [5.74, 6) is -4.78. The van der Waals surface area contributed by atoms with Gasteiger partial charge in [-0.3, -0.25) is 24.2 Å². The number of carbonyl (C=O) groups is 5. The van der Waals surface area contributed by atoms with Crippen molar-refractivity contribution < 1.29 is 34.2 Å². The van der Waals surface area contributed by atoms with E-state index in [1.54, 1.807) is 0 Å². The summed E-state index contributed by atoms with van der Waals surface area (Å²) in [5, 5.41) is 25.5. The average molecular weight is 460 g/mol. The molecule has 0 bridgehead atoms. The summed E-state index contributed by atoms with van der Waals surface area (Å²) in [7, 11) is 0. The predicted molar refractivity (Wildman–Crippen MR) is 113 cm³/mol. The van der Waals surface area contributed by atoms with E-state index in [1.807, 2.05) is 0 Å². The molecule has 0 saturated carbocycles. The Morgan fingerprint density at radius 3 is 1.88 bits per heavy atom. The van der Waals surface area contributed by atoms with Crippen molar-refractivity contribution in [2.24, 2.45) is 27.9 Å². The van der Waals surface area contributed by atoms with E-state index in [9.17, 15) is 34.2 Å². The number of carboxylic acids is 1. The van der Waals surface area contributed by atoms with Crippen LogP contribution < -0.4 is 38.9 Å². The third-order valence-corrected chi connectivity index (χ3v) is 4.10. The molecular weight excluding hydrogens is 428 g/mol. The number of carboxylic acid groups (broad SMARTS) is 1. The molecule has 182 valence electrons. The number of nitrogens with zero attached hydrogens (tertiary/aromatic N) is 1. The third kappa shape index (κ3) is 11.7. The second-order valence-electron chi connectivity index (χ2n) is 6.95. The summed E-state index contributed by atoms with van der Waals surface area (Å²) in [6, 6.07) is -5.07. The highest BCUT2D eigenvalue weighted by Gasteiger charge is 2.29. The van der Waals surface area contributed by atoms with Crippen LogP contribution in [0, 0.1) is 0 Å². The smallest absolute Gasteiger partial charge is 0.326 e. The summed E-state index contributed by atoms with van der Waals surface area (Å²) in [6.45, 7) is 0.659. The first-order valence-corrected chi connectivity index (χ1v) is 9.73. The van der Waals surface area contributed by atoms with E-state index in [2.05, 4.69) is 20.9 Å². The molecule has 0 aromatic rings. The second-order valence-corrected chi connectivity index (χ2v) is 6.95. The first-order chi connectivity index (χ1) is 14.9. The van der Waals surface area contributed by atoms with Crippen molar-refractivity contribution in [2.45, 2.75) is 56.8 Å². The zero-order valence-corrected chi connectivity index (χ0v) is 17.7. The number of guanidine groups is 1. The van der Waals surface area contributed by atoms with Gasteiger partial charge in [0.05, 0.1) is 12.6 Å². The van der Waals surface area contributed by atoms with Crippen molar-refractivity contribution in [3.05, 3.63) is 0 Å². The van der Waals surface area contributed by atoms with Crippen LogP contribution in [0.3, 0.4) is 0 Å². The average Bonchev–Trinajstić information content (AvgIpc) is 2.70. The van der Waals surface area contributed by atoms with E-state index in [4.69, 9.17) is 22.9 Å². The van der Waals surface area contributed by atoms with Crippen LogP contribution >= 0.6 is 0 Å². The largest absolute Gasteiger partial charge is 0.480 e. The van der Waals surface area contributed by atoms with Gasteiger partial charge in [0.1, 0.15) is 18.1 Å². The molecule has 15 nitrogen and oxygen atoms in total. The minimum absolute atomic E-state index is 0.0182. The van der Waals surface area contributed by atoms with Gasteiger partial charge >= 0.3 is 5.97 Å². The number of nitrogens with one attached hydrogen (secondary N) is 3. The highest BCUT2D eigenvalue weighted by Crippen LogP contribution is 2.02. The molecule has 4 amide bonds. The van der Waals surface area contributed by atoms with E-state index >= 15 is 0 Å². The number of nitrogens with two attached hydrogens (primary N) is 4. The minimum Gasteiger partial charge on any atom is -0.480 e. The van der Waals surface area contributed by atoms with Gasteiger partial charge in [0.15, 0.2) is 5.96 Å². The Bertz CT molecular complexity index is 709. The summed E-state index contributed by atoms with van der Waals surface area (Å²) in [4.78, 5) is 62.9. The molecule has 13 N–H and O–H groups in total. The molecule has 15 heteroatoms. The zero-order chi connectivity index (χ0) is 24.8. The molecule has 4 atom stereocenters. The number of aliphatic hydroxyl groups excluding tert-OH is 1. The molecule has 0 saturated heterocycles. The first-order valence-electron chi connectivity index (χ1n) is 9.73. The van der Waals surface area contributed by atoms with Crippen LogP contribution in [0.2, 0.25) is 0 Å². The molecule has 0 fully saturated rings. The Morgan fingerprint density at radius 1 is 0.875 bits per heavy atom. The van der Waals surface area contributed by atoms with Gasteiger partial charge in [-0.15, -0.1) is 0 Å². The van der Waals surface area contributed by atoms with Crippen molar-refractivity contribution in [3.63, 3.8) is 0 Å². The fourth-order valence-corrected chi connectivity index (χ4v) is 2.36. The maximum Gasteiger partial charge on any atom is 0.326 e. The summed E-state index contributed by atoms with van der Waals surface area (Å²) < 4.78 is 0. The Labute approximate surface area is 184 Å². The van der Waals surface area contributed by atoms with Crippen molar-refractivity contribution in [2.75, 3.05) is 13.2 Å². The van der Waals surface area contributed by atoms with Crippen LogP contribution in [0.15, 0.2) is 4.99 Å². The molecule has 0 aliphatic rings. The number of aliphatic hydroxyl groups is 1. The van der Waals surface area contributed by atoms with E-state index in [0.29, 0.717) is 0 Å². The summed E-state index contributed by atoms with van der Waals surface area (Å²) >= 11 is 0. The van der Waals surface area contributed by atoms with E-state index < -0.39 is 60.4 Å². The molecule has 32 heavy (non-hydrogen) atoms. The minimum atomic E-state index is -1.52. The predicted octanol–water partition coefficient (Wildman–Crippen LogP) is -4.82. The lowest BCUT2D eigenvalue weighted by molar-refractivity contribution is -0.142. The molecule has 0 aromatic carbocycles. The van der Waals surface area contributed by atoms with Gasteiger partial charge in [-0.25, -0.2) is 4.79 Å². The van der Waals surface area contributed by atoms with E-state index in [1.165, 1.54) is 6.92 Å². The van der Waals surface area contributed by atoms with Crippen LogP contribution in [-0.2, 0) is 24.0 Å². The Hall–Kier alpha value is -3.46. The second kappa shape index (κ2) is 14.5. The molecule has 4 unspecified atom stereocenters. The van der Waals surface area contributed by atoms with Gasteiger partial charge in [0.2, 0.25) is 23.6 Å². The number of hydrogen-bond donors (Lipinski definition) is 9. The van der Waals surface area contributed by atoms with Crippen LogP contribution in [0.5, 0.6) is 0 Å². The van der Waals surface area contributed by atoms with Crippen molar-refractivity contribution in [1.29, 1.82) is 0 Å². The number of rotatable bonds is 15. The molecule has 0 aliphatic carbocycles. The number of hydrogen-bond acceptors (Lipinski definition) is 8. The van der Waals surface area contributed by atoms with E-state index in [-0.39, 0.29) is 38.2 Å². The lowest BCUT2D eigenvalue weighted by Gasteiger charge is -2.23.